The predicted octanol–water partition coefficient (Wildman–Crippen LogP) is 2.40. The molecular formula is C14H9F3N2O2. The van der Waals surface area contributed by atoms with Crippen molar-refractivity contribution in [2.24, 2.45) is 10.9 Å². The predicted molar refractivity (Wildman–Crippen MR) is 68.7 cm³/mol. The molecule has 1 aliphatic heterocycles. The average molecular weight is 294 g/mol. The van der Waals surface area contributed by atoms with Gasteiger partial charge in [0.15, 0.2) is 0 Å². The first-order valence-corrected chi connectivity index (χ1v) is 6.19. The zero-order valence-corrected chi connectivity index (χ0v) is 10.6. The minimum atomic E-state index is -4.26. The summed E-state index contributed by atoms with van der Waals surface area (Å²) >= 11 is 0. The summed E-state index contributed by atoms with van der Waals surface area (Å²) in [5, 5.41) is 11.8. The minimum absolute atomic E-state index is 0.0893. The molecule has 1 aliphatic carbocycles. The highest BCUT2D eigenvalue weighted by atomic mass is 19.4. The third-order valence-corrected chi connectivity index (χ3v) is 3.35. The van der Waals surface area contributed by atoms with E-state index in [0.717, 1.165) is 0 Å². The third-order valence-electron chi connectivity index (χ3n) is 3.35. The second-order valence-corrected chi connectivity index (χ2v) is 4.85. The molecule has 1 heterocycles. The number of nitrogens with zero attached hydrogens (tertiary/aromatic N) is 2. The van der Waals surface area contributed by atoms with Crippen LogP contribution in [-0.2, 0) is 0 Å². The molecule has 1 aromatic carbocycles. The van der Waals surface area contributed by atoms with E-state index in [9.17, 15) is 23.3 Å². The smallest absolute Gasteiger partial charge is 0.258 e. The molecule has 21 heavy (non-hydrogen) atoms. The molecule has 1 aromatic rings. The Labute approximate surface area is 116 Å². The molecule has 0 bridgehead atoms. The molecule has 1 unspecified atom stereocenters. The Morgan fingerprint density at radius 3 is 2.76 bits per heavy atom. The molecule has 0 amide bonds. The molecule has 0 N–H and O–H groups in total. The van der Waals surface area contributed by atoms with Crippen LogP contribution in [0.4, 0.5) is 18.9 Å². The summed E-state index contributed by atoms with van der Waals surface area (Å²) in [7, 11) is 0. The van der Waals surface area contributed by atoms with Gasteiger partial charge in [0.25, 0.3) is 5.69 Å². The zero-order chi connectivity index (χ0) is 15.2. The molecule has 2 aliphatic rings. The fraction of sp³-hybridized carbons (Fsp3) is 0.214. The Balaban J connectivity index is 2.11. The molecule has 0 spiro atoms. The number of nitro benzene ring substituents is 1. The van der Waals surface area contributed by atoms with Crippen LogP contribution in [0.1, 0.15) is 6.42 Å². The van der Waals surface area contributed by atoms with Gasteiger partial charge in [-0.3, -0.25) is 10.1 Å². The van der Waals surface area contributed by atoms with E-state index in [1.807, 2.05) is 0 Å². The fourth-order valence-corrected chi connectivity index (χ4v) is 2.54. The number of alkyl halides is 3. The number of non-ortho nitro benzene ring substituents is 1. The summed E-state index contributed by atoms with van der Waals surface area (Å²) in [6, 6.07) is 4.48. The Bertz CT molecular complexity index is 806. The zero-order valence-electron chi connectivity index (χ0n) is 10.6. The lowest BCUT2D eigenvalue weighted by Gasteiger charge is -2.15. The van der Waals surface area contributed by atoms with Crippen LogP contribution in [0.2, 0.25) is 0 Å². The number of hydrogen-bond donors (Lipinski definition) is 0. The van der Waals surface area contributed by atoms with Gasteiger partial charge in [0.1, 0.15) is 0 Å². The van der Waals surface area contributed by atoms with Crippen LogP contribution < -0.4 is 10.6 Å². The summed E-state index contributed by atoms with van der Waals surface area (Å²) in [5.41, 5.74) is 0.792. The SMILES string of the molecule is O=[N+]([O-])c1cccc2c1=C1C=CC(CC(F)(F)F)C=C1N=2. The summed E-state index contributed by atoms with van der Waals surface area (Å²) in [4.78, 5) is 14.7. The van der Waals surface area contributed by atoms with Crippen molar-refractivity contribution < 1.29 is 18.1 Å². The highest BCUT2D eigenvalue weighted by Gasteiger charge is 2.32. The lowest BCUT2D eigenvalue weighted by molar-refractivity contribution is -0.386. The van der Waals surface area contributed by atoms with E-state index >= 15 is 0 Å². The second-order valence-electron chi connectivity index (χ2n) is 4.85. The van der Waals surface area contributed by atoms with E-state index < -0.39 is 23.4 Å². The van der Waals surface area contributed by atoms with Crippen molar-refractivity contribution in [3.05, 3.63) is 62.8 Å². The van der Waals surface area contributed by atoms with Crippen molar-refractivity contribution in [2.75, 3.05) is 0 Å². The van der Waals surface area contributed by atoms with Gasteiger partial charge in [-0.25, -0.2) is 4.99 Å². The number of fused-ring (bicyclic) bond motifs is 2. The van der Waals surface area contributed by atoms with Gasteiger partial charge in [-0.05, 0) is 6.07 Å². The molecule has 108 valence electrons. The van der Waals surface area contributed by atoms with Crippen molar-refractivity contribution >= 4 is 11.3 Å². The fourth-order valence-electron chi connectivity index (χ4n) is 2.54. The van der Waals surface area contributed by atoms with Crippen molar-refractivity contribution in [1.29, 1.82) is 0 Å². The van der Waals surface area contributed by atoms with Crippen LogP contribution in [0.5, 0.6) is 0 Å². The van der Waals surface area contributed by atoms with Gasteiger partial charge in [0, 0.05) is 17.6 Å². The monoisotopic (exact) mass is 294 g/mol. The first kappa shape index (κ1) is 13.5. The molecule has 0 saturated carbocycles. The van der Waals surface area contributed by atoms with Crippen molar-refractivity contribution in [2.45, 2.75) is 12.6 Å². The van der Waals surface area contributed by atoms with Gasteiger partial charge < -0.3 is 0 Å². The van der Waals surface area contributed by atoms with E-state index in [4.69, 9.17) is 0 Å². The van der Waals surface area contributed by atoms with E-state index in [-0.39, 0.29) is 5.69 Å². The van der Waals surface area contributed by atoms with E-state index in [1.54, 1.807) is 6.07 Å². The third kappa shape index (κ3) is 2.46. The van der Waals surface area contributed by atoms with Crippen LogP contribution in [0.15, 0.2) is 47.1 Å². The Kier molecular flexibility index (Phi) is 2.93. The Hall–Kier alpha value is -2.44. The van der Waals surface area contributed by atoms with Gasteiger partial charge in [0.2, 0.25) is 0 Å². The maximum absolute atomic E-state index is 12.4. The molecule has 0 saturated heterocycles. The standard InChI is InChI=1S/C14H9F3N2O2/c15-14(16,17)7-8-4-5-9-11(6-8)18-10-2-1-3-12(13(9)10)19(20)21/h1-6,8H,7H2. The van der Waals surface area contributed by atoms with Gasteiger partial charge in [0.05, 0.1) is 27.6 Å². The summed E-state index contributed by atoms with van der Waals surface area (Å²) in [5.74, 6) is -0.791. The summed E-state index contributed by atoms with van der Waals surface area (Å²) in [6.45, 7) is 0. The number of benzene rings is 1. The number of allylic oxidation sites excluding steroid dienone is 3. The van der Waals surface area contributed by atoms with E-state index in [1.165, 1.54) is 30.4 Å². The second kappa shape index (κ2) is 4.54. The van der Waals surface area contributed by atoms with Crippen molar-refractivity contribution in [3.8, 4) is 0 Å². The molecule has 3 rings (SSSR count). The highest BCUT2D eigenvalue weighted by Crippen LogP contribution is 2.32. The first-order chi connectivity index (χ1) is 9.85. The molecule has 1 atom stereocenters. The minimum Gasteiger partial charge on any atom is -0.258 e. The Morgan fingerprint density at radius 1 is 1.33 bits per heavy atom. The van der Waals surface area contributed by atoms with Crippen LogP contribution in [0.25, 0.3) is 5.57 Å². The van der Waals surface area contributed by atoms with Gasteiger partial charge in [-0.2, -0.15) is 13.2 Å². The van der Waals surface area contributed by atoms with Gasteiger partial charge >= 0.3 is 6.18 Å². The molecular weight excluding hydrogens is 285 g/mol. The molecule has 4 nitrogen and oxygen atoms in total. The number of rotatable bonds is 2. The maximum Gasteiger partial charge on any atom is 0.389 e. The number of nitro groups is 1. The van der Waals surface area contributed by atoms with Gasteiger partial charge in [-0.1, -0.05) is 24.3 Å². The van der Waals surface area contributed by atoms with Gasteiger partial charge in [-0.15, -0.1) is 0 Å². The summed E-state index contributed by atoms with van der Waals surface area (Å²) < 4.78 is 37.3. The first-order valence-electron chi connectivity index (χ1n) is 6.19. The topological polar surface area (TPSA) is 55.5 Å². The molecule has 7 heteroatoms. The summed E-state index contributed by atoms with van der Waals surface area (Å²) in [6.07, 6.45) is -0.913. The quantitative estimate of drug-likeness (QED) is 0.621. The van der Waals surface area contributed by atoms with E-state index in [0.29, 0.717) is 21.8 Å². The average Bonchev–Trinajstić information content (AvgIpc) is 2.73. The normalized spacial score (nSPS) is 19.7. The largest absolute Gasteiger partial charge is 0.389 e. The lowest BCUT2D eigenvalue weighted by Crippen LogP contribution is -2.25. The van der Waals surface area contributed by atoms with Crippen molar-refractivity contribution in [3.63, 3.8) is 0 Å². The molecule has 0 fully saturated rings. The van der Waals surface area contributed by atoms with Crippen LogP contribution in [-0.4, -0.2) is 11.1 Å². The number of hydrogen-bond acceptors (Lipinski definition) is 3. The van der Waals surface area contributed by atoms with Crippen LogP contribution in [0.3, 0.4) is 0 Å². The van der Waals surface area contributed by atoms with E-state index in [2.05, 4.69) is 4.99 Å². The van der Waals surface area contributed by atoms with Crippen LogP contribution >= 0.6 is 0 Å². The molecule has 0 radical (unpaired) electrons. The van der Waals surface area contributed by atoms with Crippen molar-refractivity contribution in [1.82, 2.24) is 0 Å². The number of halogens is 3. The lowest BCUT2D eigenvalue weighted by atomic mass is 9.94. The Morgan fingerprint density at radius 2 is 2.10 bits per heavy atom. The molecule has 0 aromatic heterocycles. The maximum atomic E-state index is 12.4. The highest BCUT2D eigenvalue weighted by molar-refractivity contribution is 5.77. The van der Waals surface area contributed by atoms with Crippen LogP contribution in [0, 0.1) is 16.0 Å².